The van der Waals surface area contributed by atoms with Crippen molar-refractivity contribution in [2.45, 2.75) is 20.3 Å². The highest BCUT2D eigenvalue weighted by atomic mass is 16.5. The molecule has 5 nitrogen and oxygen atoms in total. The highest BCUT2D eigenvalue weighted by molar-refractivity contribution is 5.79. The van der Waals surface area contributed by atoms with Gasteiger partial charge in [-0.15, -0.1) is 0 Å². The quantitative estimate of drug-likeness (QED) is 0.697. The van der Waals surface area contributed by atoms with E-state index in [2.05, 4.69) is 9.68 Å². The summed E-state index contributed by atoms with van der Waals surface area (Å²) in [4.78, 5) is 11.5. The molecule has 0 spiro atoms. The van der Waals surface area contributed by atoms with E-state index >= 15 is 0 Å². The molecule has 0 N–H and O–H groups in total. The number of ether oxygens (including phenoxy) is 1. The largest absolute Gasteiger partial charge is 0.465 e. The molecule has 80 valence electrons. The third-order valence-electron chi connectivity index (χ3n) is 2.01. The number of hydrogen-bond acceptors (Lipinski definition) is 5. The van der Waals surface area contributed by atoms with Crippen LogP contribution in [0, 0.1) is 16.7 Å². The van der Waals surface area contributed by atoms with E-state index in [1.165, 1.54) is 19.4 Å². The molecule has 1 atom stereocenters. The molecule has 0 aliphatic carbocycles. The lowest BCUT2D eigenvalue weighted by Crippen LogP contribution is -2.30. The van der Waals surface area contributed by atoms with E-state index in [1.54, 1.807) is 6.92 Å². The Morgan fingerprint density at radius 3 is 3.00 bits per heavy atom. The van der Waals surface area contributed by atoms with Gasteiger partial charge in [-0.25, -0.2) is 0 Å². The third-order valence-corrected chi connectivity index (χ3v) is 2.01. The smallest absolute Gasteiger partial charge is 0.326 e. The molecule has 1 heterocycles. The monoisotopic (exact) mass is 208 g/mol. The molecule has 0 fully saturated rings. The minimum Gasteiger partial charge on any atom is -0.465 e. The normalized spacial score (nSPS) is 13.9. The highest BCUT2D eigenvalue weighted by Gasteiger charge is 2.35. The first-order valence-electron chi connectivity index (χ1n) is 4.59. The van der Waals surface area contributed by atoms with Crippen LogP contribution in [0.1, 0.15) is 19.4 Å². The van der Waals surface area contributed by atoms with Gasteiger partial charge in [-0.05, 0) is 13.8 Å². The number of esters is 1. The molecule has 0 amide bonds. The number of nitrogens with zero attached hydrogens (tertiary/aromatic N) is 2. The SMILES string of the molecule is CCOC(=O)C(C)(C#N)Cc1cnoc1. The van der Waals surface area contributed by atoms with Gasteiger partial charge in [0.25, 0.3) is 0 Å². The van der Waals surface area contributed by atoms with Crippen LogP contribution in [-0.4, -0.2) is 17.7 Å². The summed E-state index contributed by atoms with van der Waals surface area (Å²) in [5.41, 5.74) is -0.478. The Labute approximate surface area is 87.6 Å². The second-order valence-corrected chi connectivity index (χ2v) is 3.37. The fourth-order valence-corrected chi connectivity index (χ4v) is 1.17. The number of carbonyl (C=O) groups excluding carboxylic acids is 1. The molecule has 5 heteroatoms. The van der Waals surface area contributed by atoms with Crippen LogP contribution in [0.15, 0.2) is 17.0 Å². The highest BCUT2D eigenvalue weighted by Crippen LogP contribution is 2.23. The van der Waals surface area contributed by atoms with Crippen molar-refractivity contribution in [3.63, 3.8) is 0 Å². The van der Waals surface area contributed by atoms with Gasteiger partial charge in [0.15, 0.2) is 5.41 Å². The zero-order chi connectivity index (χ0) is 11.3. The van der Waals surface area contributed by atoms with Crippen LogP contribution in [0.3, 0.4) is 0 Å². The molecular formula is C10H12N2O3. The Bertz CT molecular complexity index is 367. The Hall–Kier alpha value is -1.83. The van der Waals surface area contributed by atoms with Gasteiger partial charge >= 0.3 is 5.97 Å². The van der Waals surface area contributed by atoms with Crippen LogP contribution in [0.2, 0.25) is 0 Å². The van der Waals surface area contributed by atoms with Crippen LogP contribution in [-0.2, 0) is 16.0 Å². The molecule has 1 aromatic rings. The minimum atomic E-state index is -1.18. The van der Waals surface area contributed by atoms with Crippen LogP contribution in [0.4, 0.5) is 0 Å². The molecule has 0 aliphatic heterocycles. The maximum absolute atomic E-state index is 11.5. The van der Waals surface area contributed by atoms with Crippen molar-refractivity contribution in [1.29, 1.82) is 5.26 Å². The van der Waals surface area contributed by atoms with E-state index in [4.69, 9.17) is 10.00 Å². The van der Waals surface area contributed by atoms with E-state index in [0.717, 1.165) is 0 Å². The first-order valence-corrected chi connectivity index (χ1v) is 4.59. The van der Waals surface area contributed by atoms with Crippen molar-refractivity contribution < 1.29 is 14.1 Å². The standard InChI is InChI=1S/C10H12N2O3/c1-3-14-9(13)10(2,7-11)4-8-5-12-15-6-8/h5-6H,3-4H2,1-2H3. The van der Waals surface area contributed by atoms with Crippen molar-refractivity contribution in [2.24, 2.45) is 5.41 Å². The molecule has 1 unspecified atom stereocenters. The molecule has 0 bridgehead atoms. The van der Waals surface area contributed by atoms with E-state index < -0.39 is 11.4 Å². The fourth-order valence-electron chi connectivity index (χ4n) is 1.17. The minimum absolute atomic E-state index is 0.242. The second kappa shape index (κ2) is 4.60. The Morgan fingerprint density at radius 2 is 2.53 bits per heavy atom. The number of rotatable bonds is 4. The van der Waals surface area contributed by atoms with Crippen LogP contribution >= 0.6 is 0 Å². The van der Waals surface area contributed by atoms with Crippen molar-refractivity contribution >= 4 is 5.97 Å². The molecule has 0 saturated carbocycles. The summed E-state index contributed by atoms with van der Waals surface area (Å²) in [6.07, 6.45) is 3.13. The van der Waals surface area contributed by atoms with Crippen molar-refractivity contribution in [2.75, 3.05) is 6.61 Å². The number of nitriles is 1. The zero-order valence-electron chi connectivity index (χ0n) is 8.69. The lowest BCUT2D eigenvalue weighted by atomic mass is 9.86. The van der Waals surface area contributed by atoms with E-state index in [-0.39, 0.29) is 13.0 Å². The average molecular weight is 208 g/mol. The molecule has 0 aliphatic rings. The topological polar surface area (TPSA) is 76.1 Å². The van der Waals surface area contributed by atoms with Crippen molar-refractivity contribution in [3.8, 4) is 6.07 Å². The first-order chi connectivity index (χ1) is 7.12. The summed E-state index contributed by atoms with van der Waals surface area (Å²) in [5.74, 6) is -0.520. The van der Waals surface area contributed by atoms with Crippen LogP contribution in [0.5, 0.6) is 0 Å². The third kappa shape index (κ3) is 2.56. The van der Waals surface area contributed by atoms with Gasteiger partial charge in [-0.3, -0.25) is 4.79 Å². The Balaban J connectivity index is 2.78. The zero-order valence-corrected chi connectivity index (χ0v) is 8.69. The molecule has 15 heavy (non-hydrogen) atoms. The maximum Gasteiger partial charge on any atom is 0.326 e. The summed E-state index contributed by atoms with van der Waals surface area (Å²) < 4.78 is 9.47. The first kappa shape index (κ1) is 11.2. The lowest BCUT2D eigenvalue weighted by molar-refractivity contribution is -0.151. The van der Waals surface area contributed by atoms with Gasteiger partial charge in [-0.2, -0.15) is 5.26 Å². The molecule has 1 rings (SSSR count). The molecule has 1 aromatic heterocycles. The number of carbonyl (C=O) groups is 1. The summed E-state index contributed by atoms with van der Waals surface area (Å²) in [7, 11) is 0. The Morgan fingerprint density at radius 1 is 1.80 bits per heavy atom. The van der Waals surface area contributed by atoms with Crippen LogP contribution in [0.25, 0.3) is 0 Å². The van der Waals surface area contributed by atoms with Gasteiger partial charge in [0.2, 0.25) is 0 Å². The van der Waals surface area contributed by atoms with Gasteiger partial charge in [0.05, 0.1) is 18.9 Å². The predicted molar refractivity (Wildman–Crippen MR) is 50.6 cm³/mol. The van der Waals surface area contributed by atoms with Gasteiger partial charge in [-0.1, -0.05) is 5.16 Å². The van der Waals surface area contributed by atoms with E-state index in [9.17, 15) is 4.79 Å². The second-order valence-electron chi connectivity index (χ2n) is 3.37. The summed E-state index contributed by atoms with van der Waals surface area (Å²) in [5, 5.41) is 12.5. The van der Waals surface area contributed by atoms with Crippen molar-refractivity contribution in [3.05, 3.63) is 18.0 Å². The number of hydrogen-bond donors (Lipinski definition) is 0. The van der Waals surface area contributed by atoms with Crippen molar-refractivity contribution in [1.82, 2.24) is 5.16 Å². The van der Waals surface area contributed by atoms with Crippen LogP contribution < -0.4 is 0 Å². The maximum atomic E-state index is 11.5. The fraction of sp³-hybridized carbons (Fsp3) is 0.500. The summed E-state index contributed by atoms with van der Waals surface area (Å²) in [6.45, 7) is 3.51. The van der Waals surface area contributed by atoms with E-state index in [0.29, 0.717) is 5.56 Å². The lowest BCUT2D eigenvalue weighted by Gasteiger charge is -2.17. The Kier molecular flexibility index (Phi) is 3.45. The predicted octanol–water partition coefficient (Wildman–Crippen LogP) is 1.31. The van der Waals surface area contributed by atoms with Gasteiger partial charge in [0, 0.05) is 12.0 Å². The summed E-state index contributed by atoms with van der Waals surface area (Å²) in [6, 6.07) is 1.96. The van der Waals surface area contributed by atoms with E-state index in [1.807, 2.05) is 6.07 Å². The average Bonchev–Trinajstić information content (AvgIpc) is 2.70. The molecular weight excluding hydrogens is 196 g/mol. The summed E-state index contributed by atoms with van der Waals surface area (Å²) >= 11 is 0. The molecule has 0 saturated heterocycles. The molecule has 0 aromatic carbocycles. The molecule has 0 radical (unpaired) electrons. The van der Waals surface area contributed by atoms with Gasteiger partial charge in [0.1, 0.15) is 6.26 Å². The number of aromatic nitrogens is 1. The van der Waals surface area contributed by atoms with Gasteiger partial charge < -0.3 is 9.26 Å².